The molecule has 0 saturated heterocycles. The van der Waals surface area contributed by atoms with E-state index in [-0.39, 0.29) is 0 Å². The predicted octanol–water partition coefficient (Wildman–Crippen LogP) is 1.90. The Kier molecular flexibility index (Phi) is 1.70. The van der Waals surface area contributed by atoms with Crippen molar-refractivity contribution >= 4 is 6.72 Å². The molecule has 0 bridgehead atoms. The second kappa shape index (κ2) is 2.34. The Morgan fingerprint density at radius 3 is 2.33 bits per heavy atom. The van der Waals surface area contributed by atoms with E-state index in [4.69, 9.17) is 0 Å². The lowest BCUT2D eigenvalue weighted by Crippen LogP contribution is -2.13. The fourth-order valence-electron chi connectivity index (χ4n) is 0.903. The number of rotatable bonds is 3. The third kappa shape index (κ3) is 1.41. The van der Waals surface area contributed by atoms with Crippen molar-refractivity contribution in [1.29, 1.82) is 0 Å². The third-order valence-corrected chi connectivity index (χ3v) is 2.07. The van der Waals surface area contributed by atoms with E-state index < -0.39 is 0 Å². The average molecular weight is 123 g/mol. The fraction of sp³-hybridized carbons (Fsp3) is 0.625. The van der Waals surface area contributed by atoms with Gasteiger partial charge in [-0.1, -0.05) is 19.1 Å². The van der Waals surface area contributed by atoms with Crippen LogP contribution in [0.5, 0.6) is 0 Å². The maximum atomic E-state index is 3.96. The smallest absolute Gasteiger partial charge is 0.0498 e. The van der Waals surface area contributed by atoms with Crippen LogP contribution in [-0.2, 0) is 0 Å². The van der Waals surface area contributed by atoms with Gasteiger partial charge in [-0.25, -0.2) is 0 Å². The lowest BCUT2D eigenvalue weighted by atomic mass is 9.98. The quantitative estimate of drug-likeness (QED) is 0.401. The zero-order valence-electron chi connectivity index (χ0n) is 6.04. The number of aliphatic imine (C=N–C) groups is 1. The Bertz CT molecular complexity index is 132. The molecule has 1 heteroatoms. The van der Waals surface area contributed by atoms with Gasteiger partial charge >= 0.3 is 0 Å². The average Bonchev–Trinajstić information content (AvgIpc) is 2.66. The first-order valence-corrected chi connectivity index (χ1v) is 3.40. The molecule has 0 radical (unpaired) electrons. The molecule has 9 heavy (non-hydrogen) atoms. The summed E-state index contributed by atoms with van der Waals surface area (Å²) in [6.45, 7) is 7.84. The molecule has 1 rings (SSSR count). The molecule has 1 aliphatic rings. The molecule has 2 atom stereocenters. The summed E-state index contributed by atoms with van der Waals surface area (Å²) in [7, 11) is 0. The highest BCUT2D eigenvalue weighted by molar-refractivity contribution is 5.25. The van der Waals surface area contributed by atoms with E-state index in [1.807, 2.05) is 0 Å². The molecule has 0 aromatic heterocycles. The van der Waals surface area contributed by atoms with Crippen LogP contribution in [0.4, 0.5) is 0 Å². The highest BCUT2D eigenvalue weighted by Crippen LogP contribution is 2.29. The molecule has 0 fully saturated rings. The van der Waals surface area contributed by atoms with Crippen LogP contribution in [-0.4, -0.2) is 12.8 Å². The summed E-state index contributed by atoms with van der Waals surface area (Å²) in [6.07, 6.45) is 4.43. The van der Waals surface area contributed by atoms with Crippen LogP contribution in [0.3, 0.4) is 0 Å². The van der Waals surface area contributed by atoms with Crippen molar-refractivity contribution in [3.05, 3.63) is 12.2 Å². The van der Waals surface area contributed by atoms with Crippen LogP contribution in [0.1, 0.15) is 13.8 Å². The second-order valence-electron chi connectivity index (χ2n) is 2.74. The number of nitrogens with zero attached hydrogens (tertiary/aromatic N) is 1. The number of allylic oxidation sites excluding steroid dienone is 2. The zero-order valence-corrected chi connectivity index (χ0v) is 6.04. The van der Waals surface area contributed by atoms with Gasteiger partial charge in [0.05, 0.1) is 0 Å². The number of hydrogen-bond acceptors (Lipinski definition) is 1. The fourth-order valence-corrected chi connectivity index (χ4v) is 0.903. The Balaban J connectivity index is 2.31. The van der Waals surface area contributed by atoms with Crippen molar-refractivity contribution in [2.75, 3.05) is 0 Å². The van der Waals surface area contributed by atoms with Gasteiger partial charge in [-0.15, -0.1) is 0 Å². The molecule has 0 heterocycles. The largest absolute Gasteiger partial charge is 0.298 e. The van der Waals surface area contributed by atoms with Gasteiger partial charge in [0.2, 0.25) is 0 Å². The molecule has 0 saturated carbocycles. The van der Waals surface area contributed by atoms with E-state index in [9.17, 15) is 0 Å². The topological polar surface area (TPSA) is 12.4 Å². The van der Waals surface area contributed by atoms with Gasteiger partial charge in [0.1, 0.15) is 0 Å². The lowest BCUT2D eigenvalue weighted by molar-refractivity contribution is 0.456. The van der Waals surface area contributed by atoms with E-state index in [0.717, 1.165) is 0 Å². The summed E-state index contributed by atoms with van der Waals surface area (Å²) >= 11 is 0. The highest BCUT2D eigenvalue weighted by Gasteiger charge is 2.23. The van der Waals surface area contributed by atoms with Crippen molar-refractivity contribution < 1.29 is 0 Å². The normalized spacial score (nSPS) is 23.3. The van der Waals surface area contributed by atoms with Gasteiger partial charge in [0.25, 0.3) is 0 Å². The summed E-state index contributed by atoms with van der Waals surface area (Å²) < 4.78 is 0. The first-order valence-electron chi connectivity index (χ1n) is 3.40. The number of hydrogen-bond donors (Lipinski definition) is 0. The van der Waals surface area contributed by atoms with Gasteiger partial charge in [0, 0.05) is 6.04 Å². The van der Waals surface area contributed by atoms with E-state index >= 15 is 0 Å². The van der Waals surface area contributed by atoms with Crippen molar-refractivity contribution in [2.24, 2.45) is 16.8 Å². The molecule has 0 spiro atoms. The summed E-state index contributed by atoms with van der Waals surface area (Å²) in [5.74, 6) is 1.37. The molecular weight excluding hydrogens is 110 g/mol. The summed E-state index contributed by atoms with van der Waals surface area (Å²) in [4.78, 5) is 3.96. The molecule has 0 aromatic carbocycles. The third-order valence-electron chi connectivity index (χ3n) is 2.07. The van der Waals surface area contributed by atoms with Crippen molar-refractivity contribution in [1.82, 2.24) is 0 Å². The Hall–Kier alpha value is -0.590. The Labute approximate surface area is 56.5 Å². The van der Waals surface area contributed by atoms with E-state index in [0.29, 0.717) is 17.9 Å². The molecule has 1 nitrogen and oxygen atoms in total. The van der Waals surface area contributed by atoms with Crippen LogP contribution in [0, 0.1) is 11.8 Å². The Morgan fingerprint density at radius 1 is 1.44 bits per heavy atom. The highest BCUT2D eigenvalue weighted by atomic mass is 14.7. The standard InChI is InChI=1S/C8H13N/c1-6(7(2)9-3)8-4-5-8/h4-8H,3H2,1-2H3. The van der Waals surface area contributed by atoms with Crippen LogP contribution in [0.25, 0.3) is 0 Å². The van der Waals surface area contributed by atoms with Crippen LogP contribution < -0.4 is 0 Å². The van der Waals surface area contributed by atoms with E-state index in [1.54, 1.807) is 0 Å². The van der Waals surface area contributed by atoms with Crippen molar-refractivity contribution in [2.45, 2.75) is 19.9 Å². The maximum absolute atomic E-state index is 3.96. The van der Waals surface area contributed by atoms with Gasteiger partial charge in [0.15, 0.2) is 0 Å². The van der Waals surface area contributed by atoms with E-state index in [2.05, 4.69) is 37.7 Å². The maximum Gasteiger partial charge on any atom is 0.0498 e. The molecule has 0 aliphatic heterocycles. The van der Waals surface area contributed by atoms with Gasteiger partial charge in [-0.2, -0.15) is 0 Å². The van der Waals surface area contributed by atoms with E-state index in [1.165, 1.54) is 0 Å². The van der Waals surface area contributed by atoms with Crippen molar-refractivity contribution in [3.8, 4) is 0 Å². The first-order chi connectivity index (χ1) is 4.25. The summed E-state index contributed by atoms with van der Waals surface area (Å²) in [5, 5.41) is 0. The van der Waals surface area contributed by atoms with Crippen LogP contribution in [0.2, 0.25) is 0 Å². The SMILES string of the molecule is C=NC(C)C(C)C1C=C1. The minimum Gasteiger partial charge on any atom is -0.298 e. The Morgan fingerprint density at radius 2 is 2.00 bits per heavy atom. The minimum absolute atomic E-state index is 0.407. The van der Waals surface area contributed by atoms with Crippen molar-refractivity contribution in [3.63, 3.8) is 0 Å². The summed E-state index contributed by atoms with van der Waals surface area (Å²) in [6, 6.07) is 0.407. The molecule has 2 unspecified atom stereocenters. The molecule has 0 N–H and O–H groups in total. The minimum atomic E-state index is 0.407. The molecular formula is C8H13N. The van der Waals surface area contributed by atoms with Crippen LogP contribution >= 0.6 is 0 Å². The van der Waals surface area contributed by atoms with Gasteiger partial charge in [-0.3, -0.25) is 4.99 Å². The first kappa shape index (κ1) is 6.53. The molecule has 1 aliphatic carbocycles. The lowest BCUT2D eigenvalue weighted by Gasteiger charge is -2.13. The van der Waals surface area contributed by atoms with Gasteiger partial charge in [-0.05, 0) is 25.5 Å². The monoisotopic (exact) mass is 123 g/mol. The molecule has 0 aromatic rings. The zero-order chi connectivity index (χ0) is 6.85. The second-order valence-corrected chi connectivity index (χ2v) is 2.74. The van der Waals surface area contributed by atoms with Crippen LogP contribution in [0.15, 0.2) is 17.1 Å². The van der Waals surface area contributed by atoms with Gasteiger partial charge < -0.3 is 0 Å². The summed E-state index contributed by atoms with van der Waals surface area (Å²) in [5.41, 5.74) is 0. The molecule has 50 valence electrons. The molecule has 0 amide bonds. The predicted molar refractivity (Wildman–Crippen MR) is 40.8 cm³/mol.